The molecule has 78 valence electrons. The highest BCUT2D eigenvalue weighted by molar-refractivity contribution is 5.34. The lowest BCUT2D eigenvalue weighted by molar-refractivity contribution is 0.0838. The molecule has 0 amide bonds. The lowest BCUT2D eigenvalue weighted by Gasteiger charge is -2.25. The molecule has 2 N–H and O–H groups in total. The van der Waals surface area contributed by atoms with Crippen molar-refractivity contribution in [3.05, 3.63) is 29.8 Å². The van der Waals surface area contributed by atoms with Crippen LogP contribution in [-0.4, -0.2) is 35.3 Å². The first kappa shape index (κ1) is 11.0. The maximum atomic E-state index is 9.94. The molecule has 2 unspecified atom stereocenters. The average molecular weight is 195 g/mol. The van der Waals surface area contributed by atoms with Crippen molar-refractivity contribution in [1.82, 2.24) is 4.90 Å². The highest BCUT2D eigenvalue weighted by Crippen LogP contribution is 2.27. The zero-order valence-corrected chi connectivity index (χ0v) is 8.81. The fourth-order valence-electron chi connectivity index (χ4n) is 1.28. The van der Waals surface area contributed by atoms with Gasteiger partial charge in [0.2, 0.25) is 0 Å². The Hall–Kier alpha value is -1.06. The van der Waals surface area contributed by atoms with Crippen molar-refractivity contribution in [2.75, 3.05) is 14.1 Å². The summed E-state index contributed by atoms with van der Waals surface area (Å²) in [4.78, 5) is 1.91. The molecule has 0 saturated heterocycles. The number of para-hydroxylation sites is 1. The predicted octanol–water partition coefficient (Wildman–Crippen LogP) is 1.38. The minimum absolute atomic E-state index is 0.0247. The van der Waals surface area contributed by atoms with Gasteiger partial charge in [0.25, 0.3) is 0 Å². The molecule has 1 aromatic rings. The molecule has 0 spiro atoms. The summed E-state index contributed by atoms with van der Waals surface area (Å²) in [6.45, 7) is 1.91. The number of nitrogens with zero attached hydrogens (tertiary/aromatic N) is 1. The third-order valence-electron chi connectivity index (χ3n) is 2.53. The molecule has 2 atom stereocenters. The summed E-state index contributed by atoms with van der Waals surface area (Å²) in [7, 11) is 3.79. The van der Waals surface area contributed by atoms with Gasteiger partial charge in [-0.05, 0) is 27.1 Å². The molecule has 0 aliphatic carbocycles. The normalized spacial score (nSPS) is 15.5. The zero-order valence-electron chi connectivity index (χ0n) is 8.81. The van der Waals surface area contributed by atoms with E-state index in [9.17, 15) is 10.2 Å². The van der Waals surface area contributed by atoms with Crippen LogP contribution in [0.25, 0.3) is 0 Å². The summed E-state index contributed by atoms with van der Waals surface area (Å²) in [6, 6.07) is 6.84. The third kappa shape index (κ3) is 2.25. The minimum atomic E-state index is -0.661. The van der Waals surface area contributed by atoms with Gasteiger partial charge in [-0.3, -0.25) is 0 Å². The molecule has 1 rings (SSSR count). The largest absolute Gasteiger partial charge is 0.508 e. The molecule has 0 fully saturated rings. The standard InChI is InChI=1S/C11H17NO2/c1-8(12(2)3)11(14)9-6-4-5-7-10(9)13/h4-8,11,13-14H,1-3H3. The third-order valence-corrected chi connectivity index (χ3v) is 2.53. The number of aliphatic hydroxyl groups is 1. The van der Waals surface area contributed by atoms with Gasteiger partial charge in [0.05, 0.1) is 6.10 Å². The molecule has 0 aliphatic heterocycles. The van der Waals surface area contributed by atoms with Crippen LogP contribution in [0.3, 0.4) is 0 Å². The maximum absolute atomic E-state index is 9.94. The molecular weight excluding hydrogens is 178 g/mol. The van der Waals surface area contributed by atoms with Crippen LogP contribution in [0, 0.1) is 0 Å². The first-order valence-electron chi connectivity index (χ1n) is 4.66. The highest BCUT2D eigenvalue weighted by atomic mass is 16.3. The summed E-state index contributed by atoms with van der Waals surface area (Å²) in [5, 5.41) is 19.5. The molecule has 0 heterocycles. The van der Waals surface area contributed by atoms with Crippen LogP contribution in [0.15, 0.2) is 24.3 Å². The molecule has 14 heavy (non-hydrogen) atoms. The van der Waals surface area contributed by atoms with Gasteiger partial charge < -0.3 is 15.1 Å². The van der Waals surface area contributed by atoms with E-state index in [-0.39, 0.29) is 11.8 Å². The second kappa shape index (κ2) is 4.44. The van der Waals surface area contributed by atoms with Gasteiger partial charge in [-0.2, -0.15) is 0 Å². The van der Waals surface area contributed by atoms with Gasteiger partial charge in [0, 0.05) is 11.6 Å². The van der Waals surface area contributed by atoms with Gasteiger partial charge >= 0.3 is 0 Å². The van der Waals surface area contributed by atoms with E-state index in [1.54, 1.807) is 24.3 Å². The van der Waals surface area contributed by atoms with E-state index in [1.165, 1.54) is 0 Å². The number of rotatable bonds is 3. The first-order chi connectivity index (χ1) is 6.54. The number of aromatic hydroxyl groups is 1. The van der Waals surface area contributed by atoms with Crippen molar-refractivity contribution >= 4 is 0 Å². The number of aliphatic hydroxyl groups excluding tert-OH is 1. The molecule has 3 heteroatoms. The molecule has 0 radical (unpaired) electrons. The Morgan fingerprint density at radius 2 is 1.79 bits per heavy atom. The van der Waals surface area contributed by atoms with Crippen molar-refractivity contribution in [2.24, 2.45) is 0 Å². The van der Waals surface area contributed by atoms with Crippen LogP contribution >= 0.6 is 0 Å². The van der Waals surface area contributed by atoms with Gasteiger partial charge in [0.15, 0.2) is 0 Å². The lowest BCUT2D eigenvalue weighted by Crippen LogP contribution is -2.31. The van der Waals surface area contributed by atoms with Crippen molar-refractivity contribution < 1.29 is 10.2 Å². The smallest absolute Gasteiger partial charge is 0.121 e. The highest BCUT2D eigenvalue weighted by Gasteiger charge is 2.20. The van der Waals surface area contributed by atoms with Crippen LogP contribution in [0.1, 0.15) is 18.6 Å². The summed E-state index contributed by atoms with van der Waals surface area (Å²) >= 11 is 0. The fourth-order valence-corrected chi connectivity index (χ4v) is 1.28. The van der Waals surface area contributed by atoms with E-state index in [4.69, 9.17) is 0 Å². The molecule has 1 aromatic carbocycles. The molecule has 0 saturated carbocycles. The van der Waals surface area contributed by atoms with Gasteiger partial charge in [-0.15, -0.1) is 0 Å². The quantitative estimate of drug-likeness (QED) is 0.765. The Bertz CT molecular complexity index is 299. The number of hydrogen-bond acceptors (Lipinski definition) is 3. The van der Waals surface area contributed by atoms with Gasteiger partial charge in [-0.1, -0.05) is 18.2 Å². The zero-order chi connectivity index (χ0) is 10.7. The second-order valence-electron chi connectivity index (χ2n) is 3.71. The van der Waals surface area contributed by atoms with Crippen molar-refractivity contribution in [3.63, 3.8) is 0 Å². The van der Waals surface area contributed by atoms with Crippen LogP contribution < -0.4 is 0 Å². The Kier molecular flexibility index (Phi) is 3.49. The summed E-state index contributed by atoms with van der Waals surface area (Å²) < 4.78 is 0. The fraction of sp³-hybridized carbons (Fsp3) is 0.455. The van der Waals surface area contributed by atoms with Crippen molar-refractivity contribution in [2.45, 2.75) is 19.1 Å². The molecule has 0 aliphatic rings. The Labute approximate surface area is 84.6 Å². The number of hydrogen-bond donors (Lipinski definition) is 2. The molecular formula is C11H17NO2. The Balaban J connectivity index is 2.89. The van der Waals surface area contributed by atoms with Crippen molar-refractivity contribution in [3.8, 4) is 5.75 Å². The maximum Gasteiger partial charge on any atom is 0.121 e. The van der Waals surface area contributed by atoms with Crippen LogP contribution in [0.5, 0.6) is 5.75 Å². The molecule has 0 aromatic heterocycles. The first-order valence-corrected chi connectivity index (χ1v) is 4.66. The Morgan fingerprint density at radius 1 is 1.21 bits per heavy atom. The van der Waals surface area contributed by atoms with E-state index >= 15 is 0 Å². The average Bonchev–Trinajstić information content (AvgIpc) is 2.16. The van der Waals surface area contributed by atoms with Crippen LogP contribution in [-0.2, 0) is 0 Å². The van der Waals surface area contributed by atoms with E-state index in [0.29, 0.717) is 5.56 Å². The second-order valence-corrected chi connectivity index (χ2v) is 3.71. The predicted molar refractivity (Wildman–Crippen MR) is 56.2 cm³/mol. The van der Waals surface area contributed by atoms with Gasteiger partial charge in [0.1, 0.15) is 5.75 Å². The number of phenols is 1. The summed E-state index contributed by atoms with van der Waals surface area (Å²) in [5.74, 6) is 0.147. The van der Waals surface area contributed by atoms with Crippen LogP contribution in [0.2, 0.25) is 0 Å². The Morgan fingerprint density at radius 3 is 2.29 bits per heavy atom. The van der Waals surface area contributed by atoms with Crippen LogP contribution in [0.4, 0.5) is 0 Å². The van der Waals surface area contributed by atoms with Gasteiger partial charge in [-0.25, -0.2) is 0 Å². The van der Waals surface area contributed by atoms with E-state index in [2.05, 4.69) is 0 Å². The SMILES string of the molecule is CC(C(O)c1ccccc1O)N(C)C. The number of benzene rings is 1. The van der Waals surface area contributed by atoms with E-state index < -0.39 is 6.10 Å². The topological polar surface area (TPSA) is 43.7 Å². The molecule has 3 nitrogen and oxygen atoms in total. The van der Waals surface area contributed by atoms with Crippen molar-refractivity contribution in [1.29, 1.82) is 0 Å². The monoisotopic (exact) mass is 195 g/mol. The van der Waals surface area contributed by atoms with E-state index in [1.807, 2.05) is 25.9 Å². The number of phenolic OH excluding ortho intramolecular Hbond substituents is 1. The number of likely N-dealkylation sites (N-methyl/N-ethyl adjacent to an activating group) is 1. The lowest BCUT2D eigenvalue weighted by atomic mass is 10.0. The van der Waals surface area contributed by atoms with E-state index in [0.717, 1.165) is 0 Å². The minimum Gasteiger partial charge on any atom is -0.508 e. The molecule has 0 bridgehead atoms. The summed E-state index contributed by atoms with van der Waals surface area (Å²) in [5.41, 5.74) is 0.578. The summed E-state index contributed by atoms with van der Waals surface area (Å²) in [6.07, 6.45) is -0.661.